The number of benzene rings is 1. The molecule has 15 heteroatoms. The van der Waals surface area contributed by atoms with Gasteiger partial charge in [-0.05, 0) is 63.0 Å². The molecule has 0 saturated carbocycles. The molecule has 0 aliphatic heterocycles. The summed E-state index contributed by atoms with van der Waals surface area (Å²) >= 11 is 6.52. The first kappa shape index (κ1) is 27.3. The molecule has 0 aliphatic carbocycles. The molecule has 0 saturated heterocycles. The third-order valence-corrected chi connectivity index (χ3v) is 7.60. The molecule has 4 aromatic heterocycles. The molecule has 1 N–H and O–H groups in total. The molecule has 196 valence electrons. The SMILES string of the molecule is COC(=O)c1[nH]nc2ncc(Br)cc12.COC(=O)c1nn(S(=O)(=O)c2ccc(C)cc2)c2ncc(Br)cc12. The predicted molar refractivity (Wildman–Crippen MR) is 143 cm³/mol. The molecule has 0 unspecified atom stereocenters. The van der Waals surface area contributed by atoms with E-state index in [1.807, 2.05) is 6.92 Å². The number of halogens is 2. The average molecular weight is 666 g/mol. The maximum absolute atomic E-state index is 12.9. The van der Waals surface area contributed by atoms with E-state index in [1.165, 1.54) is 32.5 Å². The second-order valence-corrected chi connectivity index (χ2v) is 11.2. The van der Waals surface area contributed by atoms with Gasteiger partial charge in [-0.15, -0.1) is 9.19 Å². The lowest BCUT2D eigenvalue weighted by atomic mass is 10.2. The number of pyridine rings is 2. The number of aromatic nitrogens is 6. The fourth-order valence-corrected chi connectivity index (χ4v) is 5.21. The van der Waals surface area contributed by atoms with E-state index in [-0.39, 0.29) is 21.6 Å². The van der Waals surface area contributed by atoms with Crippen LogP contribution in [0.4, 0.5) is 0 Å². The van der Waals surface area contributed by atoms with E-state index in [0.717, 1.165) is 14.1 Å². The van der Waals surface area contributed by atoms with Crippen molar-refractivity contribution >= 4 is 75.9 Å². The Morgan fingerprint density at radius 1 is 0.921 bits per heavy atom. The molecular formula is C23H18Br2N6O6S. The number of methoxy groups -OCH3 is 2. The number of hydrogen-bond acceptors (Lipinski definition) is 10. The first-order valence-electron chi connectivity index (χ1n) is 10.6. The molecule has 5 rings (SSSR count). The third kappa shape index (κ3) is 5.30. The number of carbonyl (C=O) groups excluding carboxylic acids is 2. The van der Waals surface area contributed by atoms with Gasteiger partial charge in [0.1, 0.15) is 0 Å². The Labute approximate surface area is 232 Å². The second kappa shape index (κ2) is 11.0. The summed E-state index contributed by atoms with van der Waals surface area (Å²) < 4.78 is 37.1. The lowest BCUT2D eigenvalue weighted by Crippen LogP contribution is -2.16. The van der Waals surface area contributed by atoms with Gasteiger partial charge in [0.2, 0.25) is 0 Å². The molecular weight excluding hydrogens is 648 g/mol. The third-order valence-electron chi connectivity index (χ3n) is 5.15. The molecule has 0 atom stereocenters. The number of rotatable bonds is 4. The minimum Gasteiger partial charge on any atom is -0.464 e. The summed E-state index contributed by atoms with van der Waals surface area (Å²) in [5, 5.41) is 11.3. The van der Waals surface area contributed by atoms with Gasteiger partial charge < -0.3 is 9.47 Å². The second-order valence-electron chi connectivity index (χ2n) is 7.64. The number of nitrogens with one attached hydrogen (secondary N) is 1. The largest absolute Gasteiger partial charge is 0.464 e. The number of aryl methyl sites for hydroxylation is 1. The van der Waals surface area contributed by atoms with Gasteiger partial charge in [-0.2, -0.15) is 13.5 Å². The van der Waals surface area contributed by atoms with Crippen LogP contribution in [0.25, 0.3) is 22.1 Å². The zero-order chi connectivity index (χ0) is 27.6. The van der Waals surface area contributed by atoms with Crippen LogP contribution in [0.5, 0.6) is 0 Å². The van der Waals surface area contributed by atoms with E-state index < -0.39 is 22.0 Å². The van der Waals surface area contributed by atoms with Gasteiger partial charge in [0.15, 0.2) is 22.7 Å². The van der Waals surface area contributed by atoms with Gasteiger partial charge in [0.25, 0.3) is 10.0 Å². The summed E-state index contributed by atoms with van der Waals surface area (Å²) in [5.41, 5.74) is 1.68. The molecule has 0 radical (unpaired) electrons. The van der Waals surface area contributed by atoms with Crippen molar-refractivity contribution in [3.63, 3.8) is 0 Å². The topological polar surface area (TPSA) is 159 Å². The molecule has 1 aromatic carbocycles. The number of carbonyl (C=O) groups is 2. The first-order chi connectivity index (χ1) is 18.1. The molecule has 12 nitrogen and oxygen atoms in total. The summed E-state index contributed by atoms with van der Waals surface area (Å²) in [6.07, 6.45) is 3.05. The van der Waals surface area contributed by atoms with Crippen LogP contribution in [0, 0.1) is 6.92 Å². The Morgan fingerprint density at radius 2 is 1.53 bits per heavy atom. The van der Waals surface area contributed by atoms with E-state index in [1.54, 1.807) is 30.5 Å². The fourth-order valence-electron chi connectivity index (χ4n) is 3.31. The predicted octanol–water partition coefficient (Wildman–Crippen LogP) is 4.03. The maximum atomic E-state index is 12.9. The van der Waals surface area contributed by atoms with Crippen LogP contribution in [0.15, 0.2) is 62.6 Å². The molecule has 0 bridgehead atoms. The fraction of sp³-hybridized carbons (Fsp3) is 0.130. The highest BCUT2D eigenvalue weighted by Crippen LogP contribution is 2.25. The van der Waals surface area contributed by atoms with Crippen molar-refractivity contribution in [2.24, 2.45) is 0 Å². The standard InChI is InChI=1S/C15H12BrN3O4S.C8H6BrN3O2/c1-9-3-5-11(6-4-9)24(21,22)19-14-12(7-10(16)8-17-14)13(18-19)15(20)23-2;1-14-8(13)6-5-2-4(9)3-10-7(5)12-11-6/h3-8H,1-2H3;2-3H,1H3,(H,10,11,12). The molecule has 4 heterocycles. The summed E-state index contributed by atoms with van der Waals surface area (Å²) in [6, 6.07) is 9.66. The van der Waals surface area contributed by atoms with Gasteiger partial charge in [0, 0.05) is 21.3 Å². The van der Waals surface area contributed by atoms with Crippen molar-refractivity contribution in [1.29, 1.82) is 0 Å². The highest BCUT2D eigenvalue weighted by Gasteiger charge is 2.27. The van der Waals surface area contributed by atoms with E-state index in [9.17, 15) is 18.0 Å². The zero-order valence-corrected chi connectivity index (χ0v) is 24.0. The van der Waals surface area contributed by atoms with Gasteiger partial charge in [-0.1, -0.05) is 17.7 Å². The number of esters is 2. The smallest absolute Gasteiger partial charge is 0.359 e. The lowest BCUT2D eigenvalue weighted by molar-refractivity contribution is 0.0587. The van der Waals surface area contributed by atoms with Gasteiger partial charge in [-0.25, -0.2) is 19.6 Å². The van der Waals surface area contributed by atoms with Crippen LogP contribution in [0.1, 0.15) is 26.5 Å². The Balaban J connectivity index is 0.000000204. The number of H-pyrrole nitrogens is 1. The molecule has 0 fully saturated rings. The number of hydrogen-bond donors (Lipinski definition) is 1. The monoisotopic (exact) mass is 664 g/mol. The number of ether oxygens (including phenoxy) is 2. The minimum absolute atomic E-state index is 0.0543. The molecule has 38 heavy (non-hydrogen) atoms. The van der Waals surface area contributed by atoms with Gasteiger partial charge in [-0.3, -0.25) is 5.10 Å². The molecule has 5 aromatic rings. The van der Waals surface area contributed by atoms with Crippen LogP contribution >= 0.6 is 31.9 Å². The van der Waals surface area contributed by atoms with Crippen LogP contribution in [0.2, 0.25) is 0 Å². The Kier molecular flexibility index (Phi) is 7.89. The zero-order valence-electron chi connectivity index (χ0n) is 20.0. The number of fused-ring (bicyclic) bond motifs is 2. The van der Waals surface area contributed by atoms with Crippen molar-refractivity contribution in [2.45, 2.75) is 11.8 Å². The van der Waals surface area contributed by atoms with Crippen LogP contribution in [0.3, 0.4) is 0 Å². The maximum Gasteiger partial charge on any atom is 0.359 e. The van der Waals surface area contributed by atoms with E-state index in [2.05, 4.69) is 66.6 Å². The van der Waals surface area contributed by atoms with E-state index in [0.29, 0.717) is 21.2 Å². The average Bonchev–Trinajstić information content (AvgIpc) is 3.50. The summed E-state index contributed by atoms with van der Waals surface area (Å²) in [7, 11) is -1.47. The highest BCUT2D eigenvalue weighted by atomic mass is 79.9. The lowest BCUT2D eigenvalue weighted by Gasteiger charge is -2.05. The van der Waals surface area contributed by atoms with Crippen molar-refractivity contribution in [2.75, 3.05) is 14.2 Å². The Morgan fingerprint density at radius 3 is 2.16 bits per heavy atom. The van der Waals surface area contributed by atoms with Crippen molar-refractivity contribution < 1.29 is 27.5 Å². The van der Waals surface area contributed by atoms with Crippen molar-refractivity contribution in [3.05, 3.63) is 74.7 Å². The molecule has 0 aliphatic rings. The quantitative estimate of drug-likeness (QED) is 0.278. The van der Waals surface area contributed by atoms with Crippen LogP contribution in [-0.2, 0) is 19.5 Å². The highest BCUT2D eigenvalue weighted by molar-refractivity contribution is 9.10. The molecule has 0 spiro atoms. The van der Waals surface area contributed by atoms with Crippen molar-refractivity contribution in [3.8, 4) is 0 Å². The summed E-state index contributed by atoms with van der Waals surface area (Å²) in [5.74, 6) is -1.19. The van der Waals surface area contributed by atoms with Gasteiger partial charge >= 0.3 is 11.9 Å². The van der Waals surface area contributed by atoms with Crippen LogP contribution in [-0.4, -0.2) is 63.9 Å². The van der Waals surface area contributed by atoms with Crippen LogP contribution < -0.4 is 0 Å². The Hall–Kier alpha value is -3.69. The van der Waals surface area contributed by atoms with E-state index >= 15 is 0 Å². The summed E-state index contributed by atoms with van der Waals surface area (Å²) in [4.78, 5) is 31.4. The minimum atomic E-state index is -4.00. The van der Waals surface area contributed by atoms with Gasteiger partial charge in [0.05, 0.1) is 29.9 Å². The van der Waals surface area contributed by atoms with E-state index in [4.69, 9.17) is 0 Å². The Bertz CT molecular complexity index is 1780. The van der Waals surface area contributed by atoms with Crippen molar-refractivity contribution in [1.82, 2.24) is 29.4 Å². The molecule has 0 amide bonds. The number of nitrogens with zero attached hydrogens (tertiary/aromatic N) is 5. The summed E-state index contributed by atoms with van der Waals surface area (Å²) in [6.45, 7) is 1.86. The first-order valence-corrected chi connectivity index (χ1v) is 13.6. The number of aromatic amines is 1. The normalized spacial score (nSPS) is 11.2.